The standard InChI is InChI=1S/C58H54N4O/c1-56(2,3)42-23-18-24-45(33-42)60-39-61(53-28-17-16-27-52(53)60)46-34-44(58(6,7)41-21-12-9-13-22-41)35-48(37-46)63-47-29-30-50-49-25-14-15-26-51(49)62(54(50)38-47)55-36-43(31-32-59-55)57(4,5)40-19-10-8-11-20-40/h8-38H,39H2,1-7H3. The Morgan fingerprint density at radius 2 is 1.02 bits per heavy atom. The smallest absolute Gasteiger partial charge is 0.137 e. The van der Waals surface area contributed by atoms with E-state index in [0.717, 1.165) is 45.1 Å². The molecule has 0 aliphatic carbocycles. The van der Waals surface area contributed by atoms with E-state index in [1.807, 2.05) is 6.20 Å². The summed E-state index contributed by atoms with van der Waals surface area (Å²) in [5.74, 6) is 2.42. The SMILES string of the molecule is CC(C)(C)c1cccc(N2CN(c3cc(Oc4ccc5c6ccccc6n(-c6cc(C(C)(C)c7ccccc7)ccn6)c5c4)cc(C(C)(C)c4ccccc4)c3)c3ccccc32)c1. The van der Waals surface area contributed by atoms with Crippen LogP contribution in [0.2, 0.25) is 0 Å². The molecule has 63 heavy (non-hydrogen) atoms. The lowest BCUT2D eigenvalue weighted by Crippen LogP contribution is -2.25. The lowest BCUT2D eigenvalue weighted by atomic mass is 9.78. The Morgan fingerprint density at radius 3 is 1.71 bits per heavy atom. The Balaban J connectivity index is 1.08. The van der Waals surface area contributed by atoms with Gasteiger partial charge in [0.1, 0.15) is 24.0 Å². The van der Waals surface area contributed by atoms with E-state index in [1.165, 1.54) is 44.6 Å². The van der Waals surface area contributed by atoms with Crippen LogP contribution in [0.1, 0.15) is 76.3 Å². The highest BCUT2D eigenvalue weighted by atomic mass is 16.5. The third-order valence-corrected chi connectivity index (χ3v) is 13.3. The van der Waals surface area contributed by atoms with E-state index in [1.54, 1.807) is 0 Å². The predicted molar refractivity (Wildman–Crippen MR) is 263 cm³/mol. The fourth-order valence-electron chi connectivity index (χ4n) is 9.32. The van der Waals surface area contributed by atoms with E-state index in [9.17, 15) is 0 Å². The molecule has 0 saturated carbocycles. The van der Waals surface area contributed by atoms with E-state index in [4.69, 9.17) is 9.72 Å². The molecule has 1 aliphatic rings. The zero-order valence-electron chi connectivity index (χ0n) is 37.3. The number of para-hydroxylation sites is 3. The number of aromatic nitrogens is 2. The summed E-state index contributed by atoms with van der Waals surface area (Å²) in [6.45, 7) is 16.7. The second-order valence-electron chi connectivity index (χ2n) is 19.0. The highest BCUT2D eigenvalue weighted by molar-refractivity contribution is 6.09. The Bertz CT molecular complexity index is 3120. The monoisotopic (exact) mass is 822 g/mol. The van der Waals surface area contributed by atoms with Gasteiger partial charge >= 0.3 is 0 Å². The highest BCUT2D eigenvalue weighted by Gasteiger charge is 2.32. The summed E-state index contributed by atoms with van der Waals surface area (Å²) in [7, 11) is 0. The van der Waals surface area contributed by atoms with Crippen LogP contribution in [0.4, 0.5) is 22.7 Å². The molecule has 5 heteroatoms. The van der Waals surface area contributed by atoms with E-state index in [2.05, 4.69) is 245 Å². The topological polar surface area (TPSA) is 33.5 Å². The summed E-state index contributed by atoms with van der Waals surface area (Å²) in [4.78, 5) is 9.85. The average molecular weight is 823 g/mol. The van der Waals surface area contributed by atoms with Crippen molar-refractivity contribution in [1.82, 2.24) is 9.55 Å². The first-order valence-corrected chi connectivity index (χ1v) is 22.1. The number of fused-ring (bicyclic) bond motifs is 4. The fraction of sp³-hybridized carbons (Fsp3) is 0.190. The summed E-state index contributed by atoms with van der Waals surface area (Å²) in [6.07, 6.45) is 1.94. The van der Waals surface area contributed by atoms with Gasteiger partial charge in [-0.3, -0.25) is 4.57 Å². The second-order valence-corrected chi connectivity index (χ2v) is 19.0. The van der Waals surface area contributed by atoms with Crippen LogP contribution in [0.3, 0.4) is 0 Å². The van der Waals surface area contributed by atoms with Gasteiger partial charge in [-0.1, -0.05) is 152 Å². The van der Waals surface area contributed by atoms with Gasteiger partial charge in [0.2, 0.25) is 0 Å². The van der Waals surface area contributed by atoms with Gasteiger partial charge < -0.3 is 14.5 Å². The zero-order valence-corrected chi connectivity index (χ0v) is 37.3. The van der Waals surface area contributed by atoms with Crippen molar-refractivity contribution in [2.45, 2.75) is 64.7 Å². The van der Waals surface area contributed by atoms with Crippen molar-refractivity contribution < 1.29 is 4.74 Å². The number of nitrogens with zero attached hydrogens (tertiary/aromatic N) is 4. The molecule has 7 aromatic carbocycles. The zero-order chi connectivity index (χ0) is 43.5. The molecule has 0 amide bonds. The molecular weight excluding hydrogens is 769 g/mol. The van der Waals surface area contributed by atoms with Gasteiger partial charge in [-0.2, -0.15) is 0 Å². The van der Waals surface area contributed by atoms with Gasteiger partial charge in [0.15, 0.2) is 0 Å². The molecule has 312 valence electrons. The highest BCUT2D eigenvalue weighted by Crippen LogP contribution is 2.47. The molecule has 3 heterocycles. The van der Waals surface area contributed by atoms with Crippen LogP contribution in [-0.4, -0.2) is 16.2 Å². The van der Waals surface area contributed by atoms with Gasteiger partial charge in [-0.15, -0.1) is 0 Å². The molecule has 0 atom stereocenters. The maximum Gasteiger partial charge on any atom is 0.137 e. The van der Waals surface area contributed by atoms with Crippen molar-refractivity contribution in [3.8, 4) is 17.3 Å². The van der Waals surface area contributed by atoms with Crippen molar-refractivity contribution >= 4 is 44.6 Å². The second kappa shape index (κ2) is 15.4. The Kier molecular flexibility index (Phi) is 9.75. The van der Waals surface area contributed by atoms with Gasteiger partial charge in [0.05, 0.1) is 22.4 Å². The summed E-state index contributed by atoms with van der Waals surface area (Å²) < 4.78 is 9.34. The molecule has 5 nitrogen and oxygen atoms in total. The molecule has 0 saturated heterocycles. The molecule has 0 radical (unpaired) electrons. The third-order valence-electron chi connectivity index (χ3n) is 13.3. The van der Waals surface area contributed by atoms with Crippen LogP contribution in [0.25, 0.3) is 27.6 Å². The van der Waals surface area contributed by atoms with Crippen molar-refractivity contribution in [3.63, 3.8) is 0 Å². The van der Waals surface area contributed by atoms with Crippen LogP contribution in [-0.2, 0) is 16.2 Å². The number of hydrogen-bond donors (Lipinski definition) is 0. The minimum absolute atomic E-state index is 0.0374. The Morgan fingerprint density at radius 1 is 0.429 bits per heavy atom. The first kappa shape index (κ1) is 40.0. The van der Waals surface area contributed by atoms with Gasteiger partial charge in [-0.25, -0.2) is 4.98 Å². The lowest BCUT2D eigenvalue weighted by Gasteiger charge is -2.29. The molecule has 0 unspecified atom stereocenters. The summed E-state index contributed by atoms with van der Waals surface area (Å²) in [5, 5.41) is 2.32. The predicted octanol–water partition coefficient (Wildman–Crippen LogP) is 15.2. The molecule has 0 fully saturated rings. The maximum absolute atomic E-state index is 7.06. The summed E-state index contributed by atoms with van der Waals surface area (Å²) >= 11 is 0. The molecule has 1 aliphatic heterocycles. The van der Waals surface area contributed by atoms with Crippen LogP contribution in [0.5, 0.6) is 11.5 Å². The Labute approximate surface area is 371 Å². The van der Waals surface area contributed by atoms with Crippen LogP contribution >= 0.6 is 0 Å². The Hall–Kier alpha value is -7.11. The van der Waals surface area contributed by atoms with Gasteiger partial charge in [0, 0.05) is 51.3 Å². The van der Waals surface area contributed by atoms with E-state index in [-0.39, 0.29) is 16.2 Å². The number of pyridine rings is 1. The van der Waals surface area contributed by atoms with E-state index in [0.29, 0.717) is 6.67 Å². The van der Waals surface area contributed by atoms with Gasteiger partial charge in [-0.05, 0) is 100.0 Å². The van der Waals surface area contributed by atoms with Crippen molar-refractivity contribution in [2.24, 2.45) is 0 Å². The van der Waals surface area contributed by atoms with Crippen LogP contribution in [0, 0.1) is 0 Å². The number of hydrogen-bond acceptors (Lipinski definition) is 4. The van der Waals surface area contributed by atoms with Crippen molar-refractivity contribution in [3.05, 3.63) is 216 Å². The molecule has 0 N–H and O–H groups in total. The van der Waals surface area contributed by atoms with E-state index >= 15 is 0 Å². The van der Waals surface area contributed by atoms with E-state index < -0.39 is 0 Å². The number of rotatable bonds is 9. The number of anilines is 4. The van der Waals surface area contributed by atoms with Crippen molar-refractivity contribution in [2.75, 3.05) is 16.5 Å². The first-order chi connectivity index (χ1) is 30.4. The first-order valence-electron chi connectivity index (χ1n) is 22.1. The maximum atomic E-state index is 7.06. The van der Waals surface area contributed by atoms with Crippen LogP contribution < -0.4 is 14.5 Å². The minimum Gasteiger partial charge on any atom is -0.457 e. The molecule has 2 aromatic heterocycles. The quantitative estimate of drug-likeness (QED) is 0.145. The number of benzene rings is 7. The average Bonchev–Trinajstić information content (AvgIpc) is 3.85. The molecule has 9 aromatic rings. The minimum atomic E-state index is -0.310. The molecule has 0 spiro atoms. The normalized spacial score (nSPS) is 13.2. The summed E-state index contributed by atoms with van der Waals surface area (Å²) in [6, 6.07) is 65.4. The van der Waals surface area contributed by atoms with Crippen molar-refractivity contribution in [1.29, 1.82) is 0 Å². The fourth-order valence-corrected chi connectivity index (χ4v) is 9.32. The molecule has 0 bridgehead atoms. The third kappa shape index (κ3) is 7.21. The van der Waals surface area contributed by atoms with Gasteiger partial charge in [0.25, 0.3) is 0 Å². The molecular formula is C58H54N4O. The summed E-state index contributed by atoms with van der Waals surface area (Å²) in [5.41, 5.74) is 12.4. The number of ether oxygens (including phenoxy) is 1. The molecule has 10 rings (SSSR count). The largest absolute Gasteiger partial charge is 0.457 e. The van der Waals surface area contributed by atoms with Crippen LogP contribution in [0.15, 0.2) is 188 Å². The lowest BCUT2D eigenvalue weighted by molar-refractivity contribution is 0.480.